The van der Waals surface area contributed by atoms with Crippen LogP contribution in [0.15, 0.2) is 46.4 Å². The zero-order valence-electron chi connectivity index (χ0n) is 18.9. The number of hydrogen-bond acceptors (Lipinski definition) is 8. The van der Waals surface area contributed by atoms with Gasteiger partial charge in [-0.25, -0.2) is 9.98 Å². The minimum Gasteiger partial charge on any atom is -0.508 e. The van der Waals surface area contributed by atoms with Crippen LogP contribution in [0.4, 0.5) is 11.4 Å². The highest BCUT2D eigenvalue weighted by atomic mass is 32.2. The van der Waals surface area contributed by atoms with E-state index in [9.17, 15) is 10.2 Å². The molecule has 2 aromatic rings. The molecule has 31 heavy (non-hydrogen) atoms. The molecular weight excluding hydrogens is 428 g/mol. The van der Waals surface area contributed by atoms with Crippen LogP contribution in [-0.4, -0.2) is 54.2 Å². The Morgan fingerprint density at radius 3 is 1.77 bits per heavy atom. The van der Waals surface area contributed by atoms with Crippen LogP contribution in [0, 0.1) is 0 Å². The Kier molecular flexibility index (Phi) is 7.11. The van der Waals surface area contributed by atoms with Crippen LogP contribution in [0.3, 0.4) is 0 Å². The largest absolute Gasteiger partial charge is 0.508 e. The number of amidine groups is 1. The minimum absolute atomic E-state index is 0.262. The molecule has 166 valence electrons. The van der Waals surface area contributed by atoms with E-state index < -0.39 is 0 Å². The highest BCUT2D eigenvalue weighted by Crippen LogP contribution is 2.35. The van der Waals surface area contributed by atoms with Crippen molar-refractivity contribution in [2.75, 3.05) is 38.0 Å². The molecule has 0 saturated heterocycles. The second-order valence-electron chi connectivity index (χ2n) is 8.36. The molecule has 0 unspecified atom stereocenters. The number of aliphatic imine (C=N–C) groups is 2. The number of aromatic hydroxyl groups is 2. The molecule has 0 fully saturated rings. The van der Waals surface area contributed by atoms with E-state index in [2.05, 4.69) is 13.8 Å². The first-order valence-electron chi connectivity index (χ1n) is 10.00. The average molecular weight is 459 g/mol. The summed E-state index contributed by atoms with van der Waals surface area (Å²) >= 11 is 3.24. The maximum Gasteiger partial charge on any atom is 0.185 e. The number of hydrogen-bond donors (Lipinski definition) is 2. The number of rotatable bonds is 6. The van der Waals surface area contributed by atoms with Gasteiger partial charge < -0.3 is 20.0 Å². The van der Waals surface area contributed by atoms with Crippen molar-refractivity contribution in [1.82, 2.24) is 0 Å². The van der Waals surface area contributed by atoms with Crippen molar-refractivity contribution in [1.29, 1.82) is 0 Å². The Balaban J connectivity index is 1.72. The molecule has 1 heterocycles. The molecule has 3 rings (SSSR count). The van der Waals surface area contributed by atoms with E-state index in [0.29, 0.717) is 11.5 Å². The van der Waals surface area contributed by atoms with E-state index >= 15 is 0 Å². The molecule has 0 spiro atoms. The molecule has 0 bridgehead atoms. The zero-order chi connectivity index (χ0) is 22.8. The third-order valence-corrected chi connectivity index (χ3v) is 7.12. The maximum absolute atomic E-state index is 9.91. The van der Waals surface area contributed by atoms with E-state index in [1.54, 1.807) is 41.7 Å². The van der Waals surface area contributed by atoms with Gasteiger partial charge in [0, 0.05) is 51.1 Å². The van der Waals surface area contributed by atoms with Gasteiger partial charge in [-0.15, -0.1) is 11.8 Å². The van der Waals surface area contributed by atoms with Crippen LogP contribution < -0.4 is 9.80 Å². The summed E-state index contributed by atoms with van der Waals surface area (Å²) in [6.07, 6.45) is 0. The SMILES string of the molecule is CN(C)c1ccc(O)cc1CSC1=NC(C)(C)C(SCc2cc(O)ccc2N(C)C)=N1. The summed E-state index contributed by atoms with van der Waals surface area (Å²) in [5.74, 6) is 1.91. The summed E-state index contributed by atoms with van der Waals surface area (Å²) in [5, 5.41) is 21.5. The van der Waals surface area contributed by atoms with Crippen LogP contribution in [0.25, 0.3) is 0 Å². The van der Waals surface area contributed by atoms with Gasteiger partial charge in [-0.05, 0) is 61.4 Å². The molecule has 6 nitrogen and oxygen atoms in total. The van der Waals surface area contributed by atoms with Crippen LogP contribution in [0.2, 0.25) is 0 Å². The quantitative estimate of drug-likeness (QED) is 0.639. The van der Waals surface area contributed by atoms with Gasteiger partial charge in [-0.2, -0.15) is 0 Å². The van der Waals surface area contributed by atoms with Gasteiger partial charge in [-0.1, -0.05) is 11.8 Å². The number of thioether (sulfide) groups is 2. The lowest BCUT2D eigenvalue weighted by Gasteiger charge is -2.20. The smallest absolute Gasteiger partial charge is 0.185 e. The lowest BCUT2D eigenvalue weighted by atomic mass is 10.1. The standard InChI is InChI=1S/C23H30N4O2S2/c1-23(2)21(30-13-15-11-17(28)7-9-19(15)26(3)4)24-22(25-23)31-14-16-12-18(29)8-10-20(16)27(5)6/h7-12,28-29H,13-14H2,1-6H3. The lowest BCUT2D eigenvalue weighted by Crippen LogP contribution is -2.23. The van der Waals surface area contributed by atoms with Gasteiger partial charge in [0.15, 0.2) is 5.17 Å². The Morgan fingerprint density at radius 1 is 0.806 bits per heavy atom. The predicted molar refractivity (Wildman–Crippen MR) is 136 cm³/mol. The molecule has 0 aliphatic carbocycles. The molecule has 1 aliphatic heterocycles. The van der Waals surface area contributed by atoms with Gasteiger partial charge in [0.2, 0.25) is 0 Å². The number of nitrogens with zero attached hydrogens (tertiary/aromatic N) is 4. The highest BCUT2D eigenvalue weighted by Gasteiger charge is 2.31. The van der Waals surface area contributed by atoms with Crippen LogP contribution in [0.5, 0.6) is 11.5 Å². The first-order valence-corrected chi connectivity index (χ1v) is 12.0. The molecular formula is C23H30N4O2S2. The first kappa shape index (κ1) is 23.3. The number of anilines is 2. The van der Waals surface area contributed by atoms with Gasteiger partial charge in [0.05, 0.1) is 0 Å². The third-order valence-electron chi connectivity index (χ3n) is 4.91. The lowest BCUT2D eigenvalue weighted by molar-refractivity contribution is 0.474. The fourth-order valence-corrected chi connectivity index (χ4v) is 5.44. The van der Waals surface area contributed by atoms with Crippen molar-refractivity contribution in [3.63, 3.8) is 0 Å². The molecule has 0 amide bonds. The van der Waals surface area contributed by atoms with Gasteiger partial charge >= 0.3 is 0 Å². The molecule has 0 radical (unpaired) electrons. The van der Waals surface area contributed by atoms with Crippen LogP contribution in [0.1, 0.15) is 25.0 Å². The van der Waals surface area contributed by atoms with E-state index in [1.807, 2.05) is 56.2 Å². The number of phenolic OH excluding ortho intramolecular Hbond substituents is 2. The number of benzene rings is 2. The van der Waals surface area contributed by atoms with Crippen molar-refractivity contribution < 1.29 is 10.2 Å². The topological polar surface area (TPSA) is 71.7 Å². The van der Waals surface area contributed by atoms with E-state index in [1.165, 1.54) is 0 Å². The van der Waals surface area contributed by atoms with Crippen molar-refractivity contribution in [3.8, 4) is 11.5 Å². The Labute approximate surface area is 193 Å². The highest BCUT2D eigenvalue weighted by molar-refractivity contribution is 8.15. The maximum atomic E-state index is 9.91. The summed E-state index contributed by atoms with van der Waals surface area (Å²) in [6, 6.07) is 10.9. The van der Waals surface area contributed by atoms with Gasteiger partial charge in [0.25, 0.3) is 0 Å². The molecule has 2 N–H and O–H groups in total. The number of phenols is 2. The Hall–Kier alpha value is -2.32. The fraction of sp³-hybridized carbons (Fsp3) is 0.391. The van der Waals surface area contributed by atoms with E-state index in [4.69, 9.17) is 9.98 Å². The second-order valence-corrected chi connectivity index (χ2v) is 10.3. The minimum atomic E-state index is -0.384. The van der Waals surface area contributed by atoms with Crippen molar-refractivity contribution in [2.45, 2.75) is 30.9 Å². The van der Waals surface area contributed by atoms with Crippen molar-refractivity contribution in [3.05, 3.63) is 47.5 Å². The van der Waals surface area contributed by atoms with Gasteiger partial charge in [0.1, 0.15) is 22.1 Å². The summed E-state index contributed by atoms with van der Waals surface area (Å²) in [6.45, 7) is 4.14. The molecule has 2 aromatic carbocycles. The first-order chi connectivity index (χ1) is 14.6. The zero-order valence-corrected chi connectivity index (χ0v) is 20.5. The fourth-order valence-electron chi connectivity index (χ4n) is 3.35. The van der Waals surface area contributed by atoms with E-state index in [-0.39, 0.29) is 17.0 Å². The van der Waals surface area contributed by atoms with Crippen LogP contribution in [-0.2, 0) is 11.5 Å². The molecule has 8 heteroatoms. The summed E-state index contributed by atoms with van der Waals surface area (Å²) in [7, 11) is 7.98. The predicted octanol–water partition coefficient (Wildman–Crippen LogP) is 4.94. The Morgan fingerprint density at radius 2 is 1.29 bits per heavy atom. The van der Waals surface area contributed by atoms with Crippen LogP contribution >= 0.6 is 23.5 Å². The molecule has 0 aromatic heterocycles. The van der Waals surface area contributed by atoms with E-state index in [0.717, 1.165) is 32.7 Å². The molecule has 1 aliphatic rings. The second kappa shape index (κ2) is 9.44. The summed E-state index contributed by atoms with van der Waals surface area (Å²) in [4.78, 5) is 13.7. The monoisotopic (exact) mass is 458 g/mol. The van der Waals surface area contributed by atoms with Crippen molar-refractivity contribution >= 4 is 45.1 Å². The Bertz CT molecular complexity index is 1020. The third kappa shape index (κ3) is 5.68. The molecule has 0 saturated carbocycles. The van der Waals surface area contributed by atoms with Gasteiger partial charge in [-0.3, -0.25) is 0 Å². The van der Waals surface area contributed by atoms with Crippen molar-refractivity contribution in [2.24, 2.45) is 9.98 Å². The summed E-state index contributed by atoms with van der Waals surface area (Å²) < 4.78 is 0. The molecule has 0 atom stereocenters. The average Bonchev–Trinajstić information content (AvgIpc) is 2.97. The summed E-state index contributed by atoms with van der Waals surface area (Å²) in [5.41, 5.74) is 3.87. The normalized spacial score (nSPS) is 14.9.